The summed E-state index contributed by atoms with van der Waals surface area (Å²) in [7, 11) is -1.37. The zero-order valence-electron chi connectivity index (χ0n) is 12.0. The van der Waals surface area contributed by atoms with Crippen molar-refractivity contribution in [3.63, 3.8) is 0 Å². The monoisotopic (exact) mass is 426 g/mol. The molecule has 2 N–H and O–H groups in total. The number of hydrogen-bond donors (Lipinski definition) is 2. The van der Waals surface area contributed by atoms with Crippen molar-refractivity contribution in [2.75, 3.05) is 13.2 Å². The second-order valence-corrected chi connectivity index (χ2v) is 6.87. The molecule has 22 heavy (non-hydrogen) atoms. The molecule has 0 amide bonds. The molecule has 0 radical (unpaired) electrons. The van der Waals surface area contributed by atoms with Gasteiger partial charge in [-0.3, -0.25) is 0 Å². The minimum atomic E-state index is -1.37. The zero-order valence-corrected chi connectivity index (χ0v) is 15.1. The van der Waals surface area contributed by atoms with Crippen molar-refractivity contribution in [3.8, 4) is 0 Å². The highest BCUT2D eigenvalue weighted by atomic mass is 79.9. The van der Waals surface area contributed by atoms with Gasteiger partial charge in [-0.2, -0.15) is 0 Å². The maximum Gasteiger partial charge on any atom is 0.488 e. The first kappa shape index (κ1) is 17.7. The van der Waals surface area contributed by atoms with Gasteiger partial charge in [-0.05, 0) is 41.7 Å². The average molecular weight is 428 g/mol. The topological polar surface area (TPSA) is 49.7 Å². The molecule has 0 saturated carbocycles. The molecule has 0 aliphatic carbocycles. The van der Waals surface area contributed by atoms with Crippen LogP contribution in [0.15, 0.2) is 57.5 Å². The van der Waals surface area contributed by atoms with Gasteiger partial charge in [0, 0.05) is 21.5 Å². The summed E-state index contributed by atoms with van der Waals surface area (Å²) in [6.45, 7) is 1.81. The van der Waals surface area contributed by atoms with Crippen LogP contribution in [0.1, 0.15) is 17.9 Å². The quantitative estimate of drug-likeness (QED) is 0.724. The molecule has 1 unspecified atom stereocenters. The van der Waals surface area contributed by atoms with Crippen molar-refractivity contribution in [1.82, 2.24) is 0 Å². The third-order valence-corrected chi connectivity index (χ3v) is 4.50. The molecule has 1 saturated heterocycles. The van der Waals surface area contributed by atoms with Gasteiger partial charge in [0.25, 0.3) is 0 Å². The van der Waals surface area contributed by atoms with E-state index in [2.05, 4.69) is 56.1 Å². The highest BCUT2D eigenvalue weighted by Crippen LogP contribution is 2.25. The summed E-state index contributed by atoms with van der Waals surface area (Å²) >= 11 is 6.65. The maximum atomic E-state index is 8.65. The summed E-state index contributed by atoms with van der Waals surface area (Å²) < 4.78 is 7.40. The van der Waals surface area contributed by atoms with E-state index in [1.165, 1.54) is 12.0 Å². The summed E-state index contributed by atoms with van der Waals surface area (Å²) in [5.41, 5.74) is 1.90. The smallest absolute Gasteiger partial charge is 0.423 e. The van der Waals surface area contributed by atoms with Crippen LogP contribution in [0, 0.1) is 0 Å². The van der Waals surface area contributed by atoms with E-state index in [4.69, 9.17) is 14.8 Å². The second kappa shape index (κ2) is 8.84. The van der Waals surface area contributed by atoms with E-state index in [-0.39, 0.29) is 0 Å². The Morgan fingerprint density at radius 3 is 1.91 bits per heavy atom. The maximum absolute atomic E-state index is 8.65. The van der Waals surface area contributed by atoms with E-state index in [0.29, 0.717) is 11.4 Å². The van der Waals surface area contributed by atoms with Crippen LogP contribution in [0.25, 0.3) is 0 Å². The van der Waals surface area contributed by atoms with Crippen molar-refractivity contribution in [1.29, 1.82) is 0 Å². The van der Waals surface area contributed by atoms with Gasteiger partial charge in [-0.1, -0.05) is 56.1 Å². The highest BCUT2D eigenvalue weighted by molar-refractivity contribution is 9.10. The molecule has 1 heterocycles. The number of halogens is 2. The first-order chi connectivity index (χ1) is 10.6. The first-order valence-corrected chi connectivity index (χ1v) is 8.59. The normalized spacial score (nSPS) is 16.8. The van der Waals surface area contributed by atoms with Gasteiger partial charge in [0.15, 0.2) is 0 Å². The van der Waals surface area contributed by atoms with Gasteiger partial charge in [-0.25, -0.2) is 0 Å². The Balaban J connectivity index is 0.000000164. The molecule has 2 aromatic rings. The lowest BCUT2D eigenvalue weighted by Crippen LogP contribution is -2.29. The van der Waals surface area contributed by atoms with Crippen molar-refractivity contribution >= 4 is 44.4 Å². The largest absolute Gasteiger partial charge is 0.488 e. The van der Waals surface area contributed by atoms with Gasteiger partial charge in [0.2, 0.25) is 0 Å². The predicted molar refractivity (Wildman–Crippen MR) is 96.3 cm³/mol. The number of hydrogen-bond acceptors (Lipinski definition) is 3. The van der Waals surface area contributed by atoms with Crippen LogP contribution < -0.4 is 5.46 Å². The van der Waals surface area contributed by atoms with Gasteiger partial charge < -0.3 is 14.8 Å². The SMILES string of the molecule is Brc1ccc(C2CCOC2)cc1.OB(O)c1ccc(Br)cc1. The molecule has 0 aromatic heterocycles. The second-order valence-electron chi connectivity index (χ2n) is 5.04. The molecule has 1 aliphatic rings. The summed E-state index contributed by atoms with van der Waals surface area (Å²) in [6, 6.07) is 15.3. The molecule has 116 valence electrons. The number of benzene rings is 2. The van der Waals surface area contributed by atoms with Gasteiger partial charge in [0.1, 0.15) is 0 Å². The molecule has 0 spiro atoms. The summed E-state index contributed by atoms with van der Waals surface area (Å²) in [4.78, 5) is 0. The van der Waals surface area contributed by atoms with E-state index in [1.54, 1.807) is 24.3 Å². The van der Waals surface area contributed by atoms with Gasteiger partial charge in [0.05, 0.1) is 6.61 Å². The Morgan fingerprint density at radius 2 is 1.45 bits per heavy atom. The lowest BCUT2D eigenvalue weighted by Gasteiger charge is -2.06. The minimum absolute atomic E-state index is 0.503. The third kappa shape index (κ3) is 5.52. The van der Waals surface area contributed by atoms with Gasteiger partial charge >= 0.3 is 7.12 Å². The van der Waals surface area contributed by atoms with E-state index < -0.39 is 7.12 Å². The Morgan fingerprint density at radius 1 is 0.909 bits per heavy atom. The third-order valence-electron chi connectivity index (χ3n) is 3.44. The molecule has 3 rings (SSSR count). The molecule has 0 bridgehead atoms. The van der Waals surface area contributed by atoms with Crippen LogP contribution in [0.4, 0.5) is 0 Å². The van der Waals surface area contributed by atoms with Crippen molar-refractivity contribution in [2.45, 2.75) is 12.3 Å². The number of rotatable bonds is 2. The summed E-state index contributed by atoms with van der Waals surface area (Å²) in [5.74, 6) is 0.623. The molecular weight excluding hydrogens is 411 g/mol. The van der Waals surface area contributed by atoms with Crippen LogP contribution in [-0.2, 0) is 4.74 Å². The lowest BCUT2D eigenvalue weighted by atomic mass is 9.81. The van der Waals surface area contributed by atoms with Crippen LogP contribution in [0.5, 0.6) is 0 Å². The Kier molecular flexibility index (Phi) is 7.11. The summed E-state index contributed by atoms with van der Waals surface area (Å²) in [5, 5.41) is 17.3. The van der Waals surface area contributed by atoms with E-state index in [0.717, 1.165) is 22.2 Å². The minimum Gasteiger partial charge on any atom is -0.423 e. The molecule has 1 atom stereocenters. The molecule has 1 aliphatic heterocycles. The fourth-order valence-electron chi connectivity index (χ4n) is 2.17. The summed E-state index contributed by atoms with van der Waals surface area (Å²) in [6.07, 6.45) is 1.17. The van der Waals surface area contributed by atoms with Crippen molar-refractivity contribution < 1.29 is 14.8 Å². The molecular formula is C16H17BBr2O3. The van der Waals surface area contributed by atoms with Crippen LogP contribution in [-0.4, -0.2) is 30.4 Å². The van der Waals surface area contributed by atoms with Crippen molar-refractivity contribution in [3.05, 3.63) is 63.0 Å². The van der Waals surface area contributed by atoms with Crippen LogP contribution in [0.2, 0.25) is 0 Å². The standard InChI is InChI=1S/C10H11BrO.C6H6BBrO2/c11-10-3-1-8(2-4-10)9-5-6-12-7-9;8-6-3-1-5(2-4-6)7(9)10/h1-4,9H,5-7H2;1-4,9-10H. The molecule has 6 heteroatoms. The first-order valence-electron chi connectivity index (χ1n) is 7.01. The van der Waals surface area contributed by atoms with E-state index >= 15 is 0 Å². The Bertz CT molecular complexity index is 567. The lowest BCUT2D eigenvalue weighted by molar-refractivity contribution is 0.194. The molecule has 1 fully saturated rings. The zero-order chi connectivity index (χ0) is 15.9. The number of ether oxygens (including phenoxy) is 1. The highest BCUT2D eigenvalue weighted by Gasteiger charge is 2.16. The molecule has 2 aromatic carbocycles. The predicted octanol–water partition coefficient (Wildman–Crippen LogP) is 3.08. The van der Waals surface area contributed by atoms with Crippen molar-refractivity contribution in [2.24, 2.45) is 0 Å². The van der Waals surface area contributed by atoms with Crippen LogP contribution >= 0.6 is 31.9 Å². The fraction of sp³-hybridized carbons (Fsp3) is 0.250. The molecule has 3 nitrogen and oxygen atoms in total. The Hall–Kier alpha value is -0.655. The van der Waals surface area contributed by atoms with E-state index in [1.807, 2.05) is 0 Å². The average Bonchev–Trinajstić information content (AvgIpc) is 3.03. The van der Waals surface area contributed by atoms with Crippen LogP contribution in [0.3, 0.4) is 0 Å². The van der Waals surface area contributed by atoms with E-state index in [9.17, 15) is 0 Å². The van der Waals surface area contributed by atoms with Gasteiger partial charge in [-0.15, -0.1) is 0 Å². The Labute approximate surface area is 147 Å². The fourth-order valence-corrected chi connectivity index (χ4v) is 2.70.